The van der Waals surface area contributed by atoms with E-state index in [4.69, 9.17) is 4.74 Å². The molecule has 26 heavy (non-hydrogen) atoms. The Kier molecular flexibility index (Phi) is 5.98. The number of benzene rings is 1. The molecular weight excluding hydrogens is 334 g/mol. The summed E-state index contributed by atoms with van der Waals surface area (Å²) < 4.78 is 5.40. The molecule has 7 heteroatoms. The minimum absolute atomic E-state index is 0.0259. The van der Waals surface area contributed by atoms with Crippen molar-refractivity contribution in [2.45, 2.75) is 25.7 Å². The van der Waals surface area contributed by atoms with Crippen LogP contribution in [0.1, 0.15) is 25.7 Å². The number of carbonyl (C=O) groups excluding carboxylic acids is 2. The first-order valence-electron chi connectivity index (χ1n) is 9.26. The Labute approximate surface area is 154 Å². The van der Waals surface area contributed by atoms with Crippen molar-refractivity contribution in [3.05, 3.63) is 18.2 Å². The van der Waals surface area contributed by atoms with Crippen LogP contribution in [-0.2, 0) is 9.59 Å². The van der Waals surface area contributed by atoms with Crippen molar-refractivity contribution in [3.63, 3.8) is 0 Å². The molecule has 0 saturated carbocycles. The van der Waals surface area contributed by atoms with Crippen LogP contribution in [0.5, 0.6) is 11.5 Å². The first kappa shape index (κ1) is 18.5. The number of hydrogen-bond acceptors (Lipinski definition) is 6. The fourth-order valence-electron chi connectivity index (χ4n) is 3.64. The minimum Gasteiger partial charge on any atom is -0.508 e. The molecule has 0 aliphatic carbocycles. The number of piperidine rings is 1. The fraction of sp³-hybridized carbons (Fsp3) is 0.579. The predicted octanol–water partition coefficient (Wildman–Crippen LogP) is 1.45. The summed E-state index contributed by atoms with van der Waals surface area (Å²) in [5.74, 6) is 0.946. The largest absolute Gasteiger partial charge is 0.508 e. The molecular formula is C19H27N3O4. The summed E-state index contributed by atoms with van der Waals surface area (Å²) in [6.45, 7) is 4.91. The number of nitrogens with zero attached hydrogens (tertiary/aromatic N) is 3. The highest BCUT2D eigenvalue weighted by atomic mass is 16.5. The lowest BCUT2D eigenvalue weighted by molar-refractivity contribution is -0.148. The van der Waals surface area contributed by atoms with E-state index in [2.05, 4.69) is 9.80 Å². The summed E-state index contributed by atoms with van der Waals surface area (Å²) in [6.07, 6.45) is 2.49. The monoisotopic (exact) mass is 361 g/mol. The van der Waals surface area contributed by atoms with Gasteiger partial charge in [-0.25, -0.2) is 0 Å². The van der Waals surface area contributed by atoms with Gasteiger partial charge in [0.1, 0.15) is 11.5 Å². The third kappa shape index (κ3) is 4.27. The summed E-state index contributed by atoms with van der Waals surface area (Å²) in [7, 11) is 1.63. The lowest BCUT2D eigenvalue weighted by Gasteiger charge is -2.37. The maximum absolute atomic E-state index is 11.8. The van der Waals surface area contributed by atoms with Crippen LogP contribution < -0.4 is 9.64 Å². The topological polar surface area (TPSA) is 73.3 Å². The number of ether oxygens (including phenoxy) is 1. The zero-order valence-corrected chi connectivity index (χ0v) is 15.3. The Morgan fingerprint density at radius 1 is 1.04 bits per heavy atom. The fourth-order valence-corrected chi connectivity index (χ4v) is 3.64. The molecule has 2 heterocycles. The van der Waals surface area contributed by atoms with Crippen molar-refractivity contribution in [2.24, 2.45) is 0 Å². The first-order valence-corrected chi connectivity index (χ1v) is 9.26. The van der Waals surface area contributed by atoms with Crippen LogP contribution in [0.15, 0.2) is 18.2 Å². The zero-order valence-electron chi connectivity index (χ0n) is 15.3. The van der Waals surface area contributed by atoms with Crippen molar-refractivity contribution in [2.75, 3.05) is 51.3 Å². The SMILES string of the molecule is COc1ccc(O)cc1N1CCN(CCCN2C(=O)CCCC2=O)CC1. The number of rotatable bonds is 6. The molecule has 1 aromatic rings. The van der Waals surface area contributed by atoms with E-state index in [1.165, 1.54) is 4.90 Å². The molecule has 2 aliphatic heterocycles. The Morgan fingerprint density at radius 3 is 2.38 bits per heavy atom. The number of likely N-dealkylation sites (tertiary alicyclic amines) is 1. The average Bonchev–Trinajstić information content (AvgIpc) is 2.64. The van der Waals surface area contributed by atoms with Crippen LogP contribution in [-0.4, -0.2) is 73.1 Å². The van der Waals surface area contributed by atoms with Gasteiger partial charge in [0.15, 0.2) is 0 Å². The number of methoxy groups -OCH3 is 1. The van der Waals surface area contributed by atoms with E-state index in [9.17, 15) is 14.7 Å². The van der Waals surface area contributed by atoms with E-state index < -0.39 is 0 Å². The minimum atomic E-state index is -0.0259. The number of carbonyl (C=O) groups is 2. The number of imide groups is 1. The first-order chi connectivity index (χ1) is 12.6. The summed E-state index contributed by atoms with van der Waals surface area (Å²) in [6, 6.07) is 5.15. The van der Waals surface area contributed by atoms with Gasteiger partial charge in [-0.2, -0.15) is 0 Å². The summed E-state index contributed by atoms with van der Waals surface area (Å²) >= 11 is 0. The number of amides is 2. The molecule has 1 N–H and O–H groups in total. The molecule has 142 valence electrons. The molecule has 2 amide bonds. The molecule has 0 spiro atoms. The van der Waals surface area contributed by atoms with Gasteiger partial charge in [0.25, 0.3) is 0 Å². The number of aromatic hydroxyl groups is 1. The number of piperazine rings is 1. The van der Waals surface area contributed by atoms with Crippen molar-refractivity contribution < 1.29 is 19.4 Å². The lowest BCUT2D eigenvalue weighted by atomic mass is 10.1. The second-order valence-electron chi connectivity index (χ2n) is 6.83. The van der Waals surface area contributed by atoms with Gasteiger partial charge in [0.05, 0.1) is 12.8 Å². The molecule has 2 fully saturated rings. The van der Waals surface area contributed by atoms with E-state index in [0.29, 0.717) is 25.8 Å². The third-order valence-electron chi connectivity index (χ3n) is 5.11. The standard InChI is InChI=1S/C19H27N3O4/c1-26-17-7-6-15(23)14-16(17)21-12-10-20(11-13-21)8-3-9-22-18(24)4-2-5-19(22)25/h6-7,14,23H,2-5,8-13H2,1H3. The highest BCUT2D eigenvalue weighted by Gasteiger charge is 2.26. The normalized spacial score (nSPS) is 19.1. The van der Waals surface area contributed by atoms with E-state index in [-0.39, 0.29) is 17.6 Å². The molecule has 0 bridgehead atoms. The molecule has 0 radical (unpaired) electrons. The Balaban J connectivity index is 1.46. The van der Waals surface area contributed by atoms with Crippen LogP contribution in [0, 0.1) is 0 Å². The molecule has 0 unspecified atom stereocenters. The zero-order chi connectivity index (χ0) is 18.5. The van der Waals surface area contributed by atoms with Crippen molar-refractivity contribution in [1.29, 1.82) is 0 Å². The molecule has 0 aromatic heterocycles. The second-order valence-corrected chi connectivity index (χ2v) is 6.83. The van der Waals surface area contributed by atoms with E-state index in [0.717, 1.165) is 50.6 Å². The molecule has 0 atom stereocenters. The van der Waals surface area contributed by atoms with Gasteiger partial charge in [-0.05, 0) is 31.5 Å². The number of phenolic OH excluding ortho intramolecular Hbond substituents is 1. The van der Waals surface area contributed by atoms with E-state index in [1.54, 1.807) is 25.3 Å². The Morgan fingerprint density at radius 2 is 1.73 bits per heavy atom. The van der Waals surface area contributed by atoms with Gasteiger partial charge < -0.3 is 14.7 Å². The maximum atomic E-state index is 11.8. The highest BCUT2D eigenvalue weighted by Crippen LogP contribution is 2.32. The number of hydrogen-bond donors (Lipinski definition) is 1. The summed E-state index contributed by atoms with van der Waals surface area (Å²) in [4.78, 5) is 29.6. The van der Waals surface area contributed by atoms with E-state index in [1.807, 2.05) is 0 Å². The number of phenols is 1. The number of anilines is 1. The molecule has 1 aromatic carbocycles. The van der Waals surface area contributed by atoms with Crippen LogP contribution in [0.25, 0.3) is 0 Å². The third-order valence-corrected chi connectivity index (χ3v) is 5.11. The summed E-state index contributed by atoms with van der Waals surface area (Å²) in [5.41, 5.74) is 0.914. The van der Waals surface area contributed by atoms with Crippen LogP contribution in [0.3, 0.4) is 0 Å². The quantitative estimate of drug-likeness (QED) is 0.773. The van der Waals surface area contributed by atoms with Gasteiger partial charge in [-0.1, -0.05) is 0 Å². The Bertz CT molecular complexity index is 640. The van der Waals surface area contributed by atoms with Gasteiger partial charge in [-0.3, -0.25) is 19.4 Å². The Hall–Kier alpha value is -2.28. The average molecular weight is 361 g/mol. The highest BCUT2D eigenvalue weighted by molar-refractivity contribution is 5.97. The molecule has 3 rings (SSSR count). The molecule has 2 saturated heterocycles. The lowest BCUT2D eigenvalue weighted by Crippen LogP contribution is -2.47. The maximum Gasteiger partial charge on any atom is 0.229 e. The van der Waals surface area contributed by atoms with Crippen LogP contribution >= 0.6 is 0 Å². The smallest absolute Gasteiger partial charge is 0.229 e. The van der Waals surface area contributed by atoms with Gasteiger partial charge in [-0.15, -0.1) is 0 Å². The van der Waals surface area contributed by atoms with E-state index >= 15 is 0 Å². The van der Waals surface area contributed by atoms with Crippen LogP contribution in [0.2, 0.25) is 0 Å². The van der Waals surface area contributed by atoms with Crippen LogP contribution in [0.4, 0.5) is 5.69 Å². The molecule has 7 nitrogen and oxygen atoms in total. The summed E-state index contributed by atoms with van der Waals surface area (Å²) in [5, 5.41) is 9.75. The molecule has 2 aliphatic rings. The van der Waals surface area contributed by atoms with Gasteiger partial charge >= 0.3 is 0 Å². The van der Waals surface area contributed by atoms with Crippen molar-refractivity contribution in [1.82, 2.24) is 9.80 Å². The second kappa shape index (κ2) is 8.40. The van der Waals surface area contributed by atoms with Gasteiger partial charge in [0, 0.05) is 51.6 Å². The predicted molar refractivity (Wildman–Crippen MR) is 98.5 cm³/mol. The van der Waals surface area contributed by atoms with Crippen molar-refractivity contribution in [3.8, 4) is 11.5 Å². The van der Waals surface area contributed by atoms with Crippen molar-refractivity contribution >= 4 is 17.5 Å². The van der Waals surface area contributed by atoms with Gasteiger partial charge in [0.2, 0.25) is 11.8 Å².